The number of nitrogens with one attached hydrogen (secondary N) is 1. The van der Waals surface area contributed by atoms with Crippen LogP contribution in [0.5, 0.6) is 0 Å². The van der Waals surface area contributed by atoms with Gasteiger partial charge >= 0.3 is 0 Å². The molecule has 0 aliphatic carbocycles. The molecule has 1 aromatic rings. The lowest BCUT2D eigenvalue weighted by molar-refractivity contribution is -0.0123. The zero-order valence-corrected chi connectivity index (χ0v) is 9.39. The number of benzene rings is 1. The number of alkyl halides is 1. The average molecular weight is 229 g/mol. The minimum atomic E-state index is -0.793. The zero-order chi connectivity index (χ0) is 10.9. The molecule has 2 nitrogen and oxygen atoms in total. The highest BCUT2D eigenvalue weighted by molar-refractivity contribution is 6.24. The summed E-state index contributed by atoms with van der Waals surface area (Å²) in [6.45, 7) is 3.13. The van der Waals surface area contributed by atoms with Gasteiger partial charge in [0.1, 0.15) is 5.00 Å². The molecule has 0 amide bonds. The lowest BCUT2D eigenvalue weighted by atomic mass is 10.0. The minimum Gasteiger partial charge on any atom is -0.292 e. The molecule has 1 atom stereocenters. The second-order valence-electron chi connectivity index (χ2n) is 3.94. The molecule has 82 valence electrons. The van der Waals surface area contributed by atoms with Crippen molar-refractivity contribution in [2.75, 3.05) is 19.6 Å². The summed E-state index contributed by atoms with van der Waals surface area (Å²) < 4.78 is 13.2. The van der Waals surface area contributed by atoms with Crippen molar-refractivity contribution in [3.05, 3.63) is 35.4 Å². The Hall–Kier alpha value is -0.640. The van der Waals surface area contributed by atoms with Crippen molar-refractivity contribution >= 4 is 11.6 Å². The van der Waals surface area contributed by atoms with Gasteiger partial charge in [-0.3, -0.25) is 5.32 Å². The van der Waals surface area contributed by atoms with Crippen LogP contribution in [0.4, 0.5) is 4.48 Å². The fourth-order valence-electron chi connectivity index (χ4n) is 1.83. The fourth-order valence-corrected chi connectivity index (χ4v) is 2.17. The topological polar surface area (TPSA) is 15.3 Å². The third-order valence-electron chi connectivity index (χ3n) is 2.62. The molecule has 15 heavy (non-hydrogen) atoms. The Bertz CT molecular complexity index is 358. The maximum atomic E-state index is 13.2. The van der Waals surface area contributed by atoms with Crippen LogP contribution in [0.15, 0.2) is 24.3 Å². The number of piperazine rings is 1. The Kier molecular flexibility index (Phi) is 2.96. The molecule has 1 aliphatic heterocycles. The Balaban J connectivity index is 2.28. The molecule has 1 N–H and O–H groups in total. The van der Waals surface area contributed by atoms with Gasteiger partial charge in [-0.2, -0.15) is 0 Å². The molecule has 0 saturated carbocycles. The predicted molar refractivity (Wildman–Crippen MR) is 59.4 cm³/mol. The SMILES string of the molecule is Cc1cccc(C2(Cl)CN(F)CCN2)c1. The average Bonchev–Trinajstić information content (AvgIpc) is 2.17. The van der Waals surface area contributed by atoms with E-state index in [1.54, 1.807) is 0 Å². The summed E-state index contributed by atoms with van der Waals surface area (Å²) in [6.07, 6.45) is 0. The van der Waals surface area contributed by atoms with Crippen molar-refractivity contribution in [3.8, 4) is 0 Å². The normalized spacial score (nSPS) is 27.9. The summed E-state index contributed by atoms with van der Waals surface area (Å²) in [4.78, 5) is -0.793. The molecule has 1 heterocycles. The van der Waals surface area contributed by atoms with E-state index in [1.165, 1.54) is 0 Å². The molecule has 1 saturated heterocycles. The van der Waals surface area contributed by atoms with E-state index in [4.69, 9.17) is 11.6 Å². The van der Waals surface area contributed by atoms with Crippen LogP contribution in [-0.2, 0) is 5.00 Å². The fraction of sp³-hybridized carbons (Fsp3) is 0.455. The van der Waals surface area contributed by atoms with E-state index in [0.29, 0.717) is 13.1 Å². The Morgan fingerprint density at radius 3 is 3.00 bits per heavy atom. The second kappa shape index (κ2) is 4.08. The quantitative estimate of drug-likeness (QED) is 0.450. The van der Waals surface area contributed by atoms with E-state index in [2.05, 4.69) is 5.32 Å². The second-order valence-corrected chi connectivity index (χ2v) is 4.59. The predicted octanol–water partition coefficient (Wildman–Crippen LogP) is 2.18. The van der Waals surface area contributed by atoms with Crippen LogP contribution < -0.4 is 5.32 Å². The molecule has 4 heteroatoms. The third kappa shape index (κ3) is 2.30. The van der Waals surface area contributed by atoms with Gasteiger partial charge < -0.3 is 0 Å². The molecular weight excluding hydrogens is 215 g/mol. The molecule has 1 aliphatic rings. The number of nitrogens with zero attached hydrogens (tertiary/aromatic N) is 1. The molecule has 0 radical (unpaired) electrons. The van der Waals surface area contributed by atoms with Crippen molar-refractivity contribution in [2.24, 2.45) is 0 Å². The molecule has 1 aromatic carbocycles. The summed E-state index contributed by atoms with van der Waals surface area (Å²) in [5.41, 5.74) is 2.05. The highest BCUT2D eigenvalue weighted by Crippen LogP contribution is 2.29. The lowest BCUT2D eigenvalue weighted by Crippen LogP contribution is -2.52. The molecule has 0 spiro atoms. The van der Waals surface area contributed by atoms with Gasteiger partial charge in [-0.1, -0.05) is 41.4 Å². The summed E-state index contributed by atoms with van der Waals surface area (Å²) in [5, 5.41) is 3.91. The van der Waals surface area contributed by atoms with Crippen LogP contribution in [-0.4, -0.2) is 24.8 Å². The van der Waals surface area contributed by atoms with Gasteiger partial charge in [-0.05, 0) is 12.5 Å². The van der Waals surface area contributed by atoms with E-state index in [9.17, 15) is 4.48 Å². The van der Waals surface area contributed by atoms with E-state index < -0.39 is 5.00 Å². The third-order valence-corrected chi connectivity index (χ3v) is 3.10. The Morgan fingerprint density at radius 2 is 2.33 bits per heavy atom. The van der Waals surface area contributed by atoms with E-state index in [0.717, 1.165) is 16.2 Å². The van der Waals surface area contributed by atoms with Gasteiger partial charge in [0.2, 0.25) is 0 Å². The smallest absolute Gasteiger partial charge is 0.135 e. The first-order valence-corrected chi connectivity index (χ1v) is 5.40. The maximum Gasteiger partial charge on any atom is 0.135 e. The summed E-state index contributed by atoms with van der Waals surface area (Å²) in [6, 6.07) is 7.85. The lowest BCUT2D eigenvalue weighted by Gasteiger charge is -2.35. The van der Waals surface area contributed by atoms with Crippen LogP contribution in [0.3, 0.4) is 0 Å². The van der Waals surface area contributed by atoms with Crippen LogP contribution in [0.25, 0.3) is 0 Å². The van der Waals surface area contributed by atoms with Crippen LogP contribution >= 0.6 is 11.6 Å². The Labute approximate surface area is 94.0 Å². The van der Waals surface area contributed by atoms with Gasteiger partial charge in [0.15, 0.2) is 0 Å². The molecule has 2 rings (SSSR count). The maximum absolute atomic E-state index is 13.2. The van der Waals surface area contributed by atoms with Crippen LogP contribution in [0.1, 0.15) is 11.1 Å². The number of aryl methyl sites for hydroxylation is 1. The molecule has 1 fully saturated rings. The van der Waals surface area contributed by atoms with E-state index in [-0.39, 0.29) is 6.54 Å². The Morgan fingerprint density at radius 1 is 1.53 bits per heavy atom. The minimum absolute atomic E-state index is 0.179. The van der Waals surface area contributed by atoms with Gasteiger partial charge in [0, 0.05) is 13.1 Å². The highest BCUT2D eigenvalue weighted by atomic mass is 35.5. The van der Waals surface area contributed by atoms with Gasteiger partial charge in [-0.15, -0.1) is 9.60 Å². The van der Waals surface area contributed by atoms with Gasteiger partial charge in [0.05, 0.1) is 6.54 Å². The number of hydrogen-bond donors (Lipinski definition) is 1. The molecule has 1 unspecified atom stereocenters. The van der Waals surface area contributed by atoms with Crippen LogP contribution in [0.2, 0.25) is 0 Å². The summed E-state index contributed by atoms with van der Waals surface area (Å²) in [5.74, 6) is 0. The van der Waals surface area contributed by atoms with Crippen LogP contribution in [0, 0.1) is 6.92 Å². The highest BCUT2D eigenvalue weighted by Gasteiger charge is 2.35. The first-order valence-electron chi connectivity index (χ1n) is 5.02. The monoisotopic (exact) mass is 228 g/mol. The largest absolute Gasteiger partial charge is 0.292 e. The number of hydrogen-bond acceptors (Lipinski definition) is 2. The molecule has 0 bridgehead atoms. The zero-order valence-electron chi connectivity index (χ0n) is 8.63. The van der Waals surface area contributed by atoms with Gasteiger partial charge in [0.25, 0.3) is 0 Å². The standard InChI is InChI=1S/C11H14ClFN2/c1-9-3-2-4-10(7-9)11(12)8-15(13)6-5-14-11/h2-4,7,14H,5-6,8H2,1H3. The van der Waals surface area contributed by atoms with Gasteiger partial charge in [-0.25, -0.2) is 0 Å². The van der Waals surface area contributed by atoms with Crippen molar-refractivity contribution in [1.82, 2.24) is 10.4 Å². The molecule has 0 aromatic heterocycles. The first-order chi connectivity index (χ1) is 7.10. The number of rotatable bonds is 1. The van der Waals surface area contributed by atoms with E-state index >= 15 is 0 Å². The summed E-state index contributed by atoms with van der Waals surface area (Å²) >= 11 is 6.37. The first kappa shape index (κ1) is 10.9. The van der Waals surface area contributed by atoms with Crippen molar-refractivity contribution in [3.63, 3.8) is 0 Å². The number of halogens is 2. The molecular formula is C11H14ClFN2. The van der Waals surface area contributed by atoms with Crippen molar-refractivity contribution in [1.29, 1.82) is 0 Å². The van der Waals surface area contributed by atoms with Crippen molar-refractivity contribution in [2.45, 2.75) is 11.9 Å². The van der Waals surface area contributed by atoms with E-state index in [1.807, 2.05) is 31.2 Å². The van der Waals surface area contributed by atoms with Crippen molar-refractivity contribution < 1.29 is 4.48 Å². The summed E-state index contributed by atoms with van der Waals surface area (Å²) in [7, 11) is 0.